The topological polar surface area (TPSA) is 95.2 Å². The Morgan fingerprint density at radius 1 is 1.29 bits per heavy atom. The highest BCUT2D eigenvalue weighted by Crippen LogP contribution is 2.12. The van der Waals surface area contributed by atoms with Crippen LogP contribution in [-0.4, -0.2) is 28.7 Å². The van der Waals surface area contributed by atoms with Crippen molar-refractivity contribution in [1.29, 1.82) is 0 Å². The molecule has 0 aliphatic rings. The molecule has 0 bridgehead atoms. The molecule has 7 heteroatoms. The van der Waals surface area contributed by atoms with Gasteiger partial charge in [0.1, 0.15) is 18.2 Å². The third-order valence-corrected chi connectivity index (χ3v) is 2.71. The smallest absolute Gasteiger partial charge is 0.212 e. The summed E-state index contributed by atoms with van der Waals surface area (Å²) in [5, 5.41) is 3.19. The van der Waals surface area contributed by atoms with Gasteiger partial charge in [0.25, 0.3) is 0 Å². The van der Waals surface area contributed by atoms with Crippen LogP contribution >= 0.6 is 0 Å². The normalized spacial score (nSPS) is 10.4. The van der Waals surface area contributed by atoms with Gasteiger partial charge in [0.15, 0.2) is 5.82 Å². The highest BCUT2D eigenvalue weighted by atomic mass is 16.5. The summed E-state index contributed by atoms with van der Waals surface area (Å²) in [6.45, 7) is 3.46. The van der Waals surface area contributed by atoms with Crippen LogP contribution in [0.5, 0.6) is 5.88 Å². The Balaban J connectivity index is 1.99. The highest BCUT2D eigenvalue weighted by Gasteiger charge is 2.03. The number of nitrogens with two attached hydrogens (primary N) is 1. The van der Waals surface area contributed by atoms with Crippen molar-refractivity contribution in [2.75, 3.05) is 24.8 Å². The molecule has 0 saturated heterocycles. The molecule has 0 atom stereocenters. The summed E-state index contributed by atoms with van der Waals surface area (Å²) in [6.07, 6.45) is 1.75. The Kier molecular flexibility index (Phi) is 5.28. The first-order chi connectivity index (χ1) is 10.2. The Morgan fingerprint density at radius 2 is 2.14 bits per heavy atom. The molecule has 0 saturated carbocycles. The number of methoxy groups -OCH3 is 1. The molecule has 21 heavy (non-hydrogen) atoms. The van der Waals surface area contributed by atoms with E-state index in [9.17, 15) is 0 Å². The molecule has 0 amide bonds. The summed E-state index contributed by atoms with van der Waals surface area (Å²) in [5.41, 5.74) is 6.78. The number of nitrogens with zero attached hydrogens (tertiary/aromatic N) is 3. The fourth-order valence-corrected chi connectivity index (χ4v) is 1.70. The van der Waals surface area contributed by atoms with Gasteiger partial charge < -0.3 is 20.5 Å². The minimum Gasteiger partial charge on any atom is -0.481 e. The maximum Gasteiger partial charge on any atom is 0.212 e. The number of aromatic nitrogens is 3. The maximum absolute atomic E-state index is 5.76. The van der Waals surface area contributed by atoms with Gasteiger partial charge >= 0.3 is 0 Å². The second kappa shape index (κ2) is 7.39. The molecule has 7 nitrogen and oxygen atoms in total. The lowest BCUT2D eigenvalue weighted by atomic mass is 10.3. The van der Waals surface area contributed by atoms with E-state index >= 15 is 0 Å². The summed E-state index contributed by atoms with van der Waals surface area (Å²) >= 11 is 0. The van der Waals surface area contributed by atoms with Crippen molar-refractivity contribution in [1.82, 2.24) is 15.0 Å². The van der Waals surface area contributed by atoms with Gasteiger partial charge in [-0.2, -0.15) is 0 Å². The molecule has 2 aromatic heterocycles. The number of pyridine rings is 1. The second-order valence-electron chi connectivity index (χ2n) is 4.29. The molecule has 3 N–H and O–H groups in total. The molecule has 0 aromatic carbocycles. The molecular formula is C14H19N5O2. The van der Waals surface area contributed by atoms with E-state index in [1.165, 1.54) is 0 Å². The largest absolute Gasteiger partial charge is 0.481 e. The first-order valence-electron chi connectivity index (χ1n) is 6.65. The van der Waals surface area contributed by atoms with Crippen molar-refractivity contribution in [3.63, 3.8) is 0 Å². The number of hydrogen-bond acceptors (Lipinski definition) is 7. The summed E-state index contributed by atoms with van der Waals surface area (Å²) in [5.74, 6) is 2.22. The number of nitrogen functional groups attached to an aromatic ring is 1. The zero-order valence-corrected chi connectivity index (χ0v) is 12.2. The van der Waals surface area contributed by atoms with Gasteiger partial charge in [-0.15, -0.1) is 0 Å². The third-order valence-electron chi connectivity index (χ3n) is 2.71. The molecule has 112 valence electrons. The average Bonchev–Trinajstić information content (AvgIpc) is 2.51. The van der Waals surface area contributed by atoms with Gasteiger partial charge in [-0.3, -0.25) is 0 Å². The molecule has 2 heterocycles. The quantitative estimate of drug-likeness (QED) is 0.799. The standard InChI is InChI=1S/C14H19N5O2/c1-3-21-9-13-18-11(15)6-12(19-13)16-7-10-4-5-14(20-2)17-8-10/h4-6,8H,3,7,9H2,1-2H3,(H3,15,16,18,19). The summed E-state index contributed by atoms with van der Waals surface area (Å²) in [4.78, 5) is 12.6. The number of anilines is 2. The fraction of sp³-hybridized carbons (Fsp3) is 0.357. The molecule has 2 aromatic rings. The van der Waals surface area contributed by atoms with Crippen LogP contribution in [0.4, 0.5) is 11.6 Å². The Bertz CT molecular complexity index is 574. The lowest BCUT2D eigenvalue weighted by Gasteiger charge is -2.09. The van der Waals surface area contributed by atoms with Gasteiger partial charge in [-0.25, -0.2) is 15.0 Å². The predicted molar refractivity (Wildman–Crippen MR) is 79.9 cm³/mol. The van der Waals surface area contributed by atoms with E-state index in [0.29, 0.717) is 43.1 Å². The third kappa shape index (κ3) is 4.57. The first-order valence-corrected chi connectivity index (χ1v) is 6.65. The SMILES string of the molecule is CCOCc1nc(N)cc(NCc2ccc(OC)nc2)n1. The van der Waals surface area contributed by atoms with Crippen molar-refractivity contribution >= 4 is 11.6 Å². The molecule has 0 unspecified atom stereocenters. The van der Waals surface area contributed by atoms with Crippen molar-refractivity contribution in [2.24, 2.45) is 0 Å². The fourth-order valence-electron chi connectivity index (χ4n) is 1.70. The van der Waals surface area contributed by atoms with Crippen LogP contribution in [-0.2, 0) is 17.9 Å². The number of ether oxygens (including phenoxy) is 2. The van der Waals surface area contributed by atoms with Crippen LogP contribution in [0.1, 0.15) is 18.3 Å². The summed E-state index contributed by atoms with van der Waals surface area (Å²) in [7, 11) is 1.59. The van der Waals surface area contributed by atoms with Gasteiger partial charge in [0, 0.05) is 31.5 Å². The van der Waals surface area contributed by atoms with Crippen molar-refractivity contribution in [3.05, 3.63) is 35.8 Å². The van der Waals surface area contributed by atoms with E-state index < -0.39 is 0 Å². The van der Waals surface area contributed by atoms with Gasteiger partial charge in [-0.1, -0.05) is 6.07 Å². The van der Waals surface area contributed by atoms with Crippen LogP contribution in [0.15, 0.2) is 24.4 Å². The summed E-state index contributed by atoms with van der Waals surface area (Å²) < 4.78 is 10.3. The Labute approximate surface area is 123 Å². The molecule has 0 spiro atoms. The van der Waals surface area contributed by atoms with Gasteiger partial charge in [-0.05, 0) is 12.5 Å². The van der Waals surface area contributed by atoms with Crippen molar-refractivity contribution < 1.29 is 9.47 Å². The van der Waals surface area contributed by atoms with E-state index in [1.54, 1.807) is 19.4 Å². The van der Waals surface area contributed by atoms with Crippen molar-refractivity contribution in [3.8, 4) is 5.88 Å². The highest BCUT2D eigenvalue weighted by molar-refractivity contribution is 5.45. The molecule has 0 aliphatic heterocycles. The minimum atomic E-state index is 0.348. The van der Waals surface area contributed by atoms with Crippen LogP contribution in [0, 0.1) is 0 Å². The monoisotopic (exact) mass is 289 g/mol. The van der Waals surface area contributed by atoms with Crippen molar-refractivity contribution in [2.45, 2.75) is 20.1 Å². The van der Waals surface area contributed by atoms with Gasteiger partial charge in [0.2, 0.25) is 5.88 Å². The number of nitrogens with one attached hydrogen (secondary N) is 1. The second-order valence-corrected chi connectivity index (χ2v) is 4.29. The Morgan fingerprint density at radius 3 is 2.81 bits per heavy atom. The molecule has 0 aliphatic carbocycles. The molecular weight excluding hydrogens is 270 g/mol. The van der Waals surface area contributed by atoms with E-state index in [2.05, 4.69) is 20.3 Å². The van der Waals surface area contributed by atoms with Gasteiger partial charge in [0.05, 0.1) is 7.11 Å². The van der Waals surface area contributed by atoms with Crippen LogP contribution in [0.25, 0.3) is 0 Å². The predicted octanol–water partition coefficient (Wildman–Crippen LogP) is 1.61. The summed E-state index contributed by atoms with van der Waals surface area (Å²) in [6, 6.07) is 5.43. The molecule has 2 rings (SSSR count). The molecule has 0 fully saturated rings. The number of hydrogen-bond donors (Lipinski definition) is 2. The zero-order valence-electron chi connectivity index (χ0n) is 12.2. The van der Waals surface area contributed by atoms with Crippen LogP contribution in [0.3, 0.4) is 0 Å². The minimum absolute atomic E-state index is 0.348. The Hall–Kier alpha value is -2.41. The maximum atomic E-state index is 5.76. The molecule has 0 radical (unpaired) electrons. The first kappa shape index (κ1) is 15.0. The van der Waals surface area contributed by atoms with E-state index in [4.69, 9.17) is 15.2 Å². The lowest BCUT2D eigenvalue weighted by Crippen LogP contribution is -2.08. The van der Waals surface area contributed by atoms with E-state index in [1.807, 2.05) is 19.1 Å². The number of rotatable bonds is 7. The van der Waals surface area contributed by atoms with Crippen LogP contribution < -0.4 is 15.8 Å². The van der Waals surface area contributed by atoms with E-state index in [0.717, 1.165) is 5.56 Å². The zero-order chi connectivity index (χ0) is 15.1. The lowest BCUT2D eigenvalue weighted by molar-refractivity contribution is 0.128. The average molecular weight is 289 g/mol. The van der Waals surface area contributed by atoms with Crippen LogP contribution in [0.2, 0.25) is 0 Å². The van der Waals surface area contributed by atoms with E-state index in [-0.39, 0.29) is 0 Å².